The maximum absolute atomic E-state index is 4.96. The van der Waals surface area contributed by atoms with Crippen LogP contribution in [0.5, 0.6) is 0 Å². The van der Waals surface area contributed by atoms with Crippen molar-refractivity contribution in [3.63, 3.8) is 0 Å². The van der Waals surface area contributed by atoms with Gasteiger partial charge in [-0.05, 0) is 23.6 Å². The van der Waals surface area contributed by atoms with Gasteiger partial charge in [0.15, 0.2) is 0 Å². The monoisotopic (exact) mass is 285 g/mol. The number of benzene rings is 3. The Kier molecular flexibility index (Phi) is 2.21. The van der Waals surface area contributed by atoms with Gasteiger partial charge < -0.3 is 0 Å². The Bertz CT molecular complexity index is 1020. The van der Waals surface area contributed by atoms with Gasteiger partial charge in [-0.25, -0.2) is 4.98 Å². The smallest absolute Gasteiger partial charge is 0.0810 e. The molecule has 0 N–H and O–H groups in total. The molecule has 0 amide bonds. The number of hydrogen-bond donors (Lipinski definition) is 0. The van der Waals surface area contributed by atoms with Gasteiger partial charge >= 0.3 is 0 Å². The van der Waals surface area contributed by atoms with Crippen LogP contribution in [0.3, 0.4) is 0 Å². The topological polar surface area (TPSA) is 12.9 Å². The normalized spacial score (nSPS) is 12.6. The lowest BCUT2D eigenvalue weighted by atomic mass is 9.99. The van der Waals surface area contributed by atoms with Crippen LogP contribution >= 0.6 is 11.8 Å². The van der Waals surface area contributed by atoms with Crippen molar-refractivity contribution in [2.45, 2.75) is 9.79 Å². The number of pyridine rings is 1. The molecule has 0 radical (unpaired) electrons. The number of aromatic nitrogens is 1. The van der Waals surface area contributed by atoms with Gasteiger partial charge in [0.1, 0.15) is 0 Å². The zero-order valence-electron chi connectivity index (χ0n) is 11.2. The van der Waals surface area contributed by atoms with Crippen molar-refractivity contribution in [1.29, 1.82) is 0 Å². The Morgan fingerprint density at radius 2 is 1.43 bits per heavy atom. The van der Waals surface area contributed by atoms with Crippen LogP contribution in [0.1, 0.15) is 0 Å². The van der Waals surface area contributed by atoms with Gasteiger partial charge in [0, 0.05) is 26.1 Å². The summed E-state index contributed by atoms with van der Waals surface area (Å²) >= 11 is 1.84. The molecular formula is C19H11NS. The third-order valence-corrected chi connectivity index (χ3v) is 5.19. The number of fused-ring (bicyclic) bond motifs is 4. The highest BCUT2D eigenvalue weighted by molar-refractivity contribution is 7.99. The lowest BCUT2D eigenvalue weighted by molar-refractivity contribution is 1.32. The van der Waals surface area contributed by atoms with Gasteiger partial charge in [0.2, 0.25) is 0 Å². The van der Waals surface area contributed by atoms with E-state index in [9.17, 15) is 0 Å². The summed E-state index contributed by atoms with van der Waals surface area (Å²) in [4.78, 5) is 7.56. The molecule has 2 heteroatoms. The molecule has 1 aromatic heterocycles. The van der Waals surface area contributed by atoms with E-state index in [1.54, 1.807) is 0 Å². The third kappa shape index (κ3) is 1.51. The highest BCUT2D eigenvalue weighted by Gasteiger charge is 2.21. The number of para-hydroxylation sites is 1. The van der Waals surface area contributed by atoms with Gasteiger partial charge in [-0.3, -0.25) is 0 Å². The molecule has 0 unspecified atom stereocenters. The SMILES string of the molecule is c1ccc2c(c1)Sc1cccc3c1c-2nc1ccccc13. The van der Waals surface area contributed by atoms with E-state index in [2.05, 4.69) is 66.7 Å². The second-order valence-electron chi connectivity index (χ2n) is 5.25. The molecule has 0 spiro atoms. The van der Waals surface area contributed by atoms with E-state index in [1.807, 2.05) is 11.8 Å². The molecule has 0 bridgehead atoms. The zero-order chi connectivity index (χ0) is 13.8. The summed E-state index contributed by atoms with van der Waals surface area (Å²) in [5, 5.41) is 3.83. The molecule has 0 fully saturated rings. The van der Waals surface area contributed by atoms with E-state index in [4.69, 9.17) is 4.98 Å². The molecule has 5 rings (SSSR count). The summed E-state index contributed by atoms with van der Waals surface area (Å²) in [5.74, 6) is 0. The highest BCUT2D eigenvalue weighted by atomic mass is 32.2. The van der Waals surface area contributed by atoms with Crippen LogP contribution in [-0.4, -0.2) is 4.98 Å². The third-order valence-electron chi connectivity index (χ3n) is 4.05. The summed E-state index contributed by atoms with van der Waals surface area (Å²) in [7, 11) is 0. The minimum Gasteiger partial charge on any atom is -0.247 e. The summed E-state index contributed by atoms with van der Waals surface area (Å²) in [6.07, 6.45) is 0. The molecule has 1 nitrogen and oxygen atoms in total. The molecule has 2 heterocycles. The lowest BCUT2D eigenvalue weighted by Crippen LogP contribution is -1.96. The van der Waals surface area contributed by atoms with E-state index in [0.29, 0.717) is 0 Å². The second-order valence-corrected chi connectivity index (χ2v) is 6.34. The van der Waals surface area contributed by atoms with E-state index in [-0.39, 0.29) is 0 Å². The molecule has 1 aliphatic heterocycles. The zero-order valence-corrected chi connectivity index (χ0v) is 12.0. The first-order valence-corrected chi connectivity index (χ1v) is 7.82. The Labute approximate surface area is 126 Å². The van der Waals surface area contributed by atoms with Crippen LogP contribution in [0.4, 0.5) is 0 Å². The Hall–Kier alpha value is -2.32. The largest absolute Gasteiger partial charge is 0.247 e. The van der Waals surface area contributed by atoms with Gasteiger partial charge in [-0.2, -0.15) is 0 Å². The number of rotatable bonds is 0. The average molecular weight is 285 g/mol. The fraction of sp³-hybridized carbons (Fsp3) is 0. The van der Waals surface area contributed by atoms with Gasteiger partial charge in [-0.1, -0.05) is 60.3 Å². The van der Waals surface area contributed by atoms with Gasteiger partial charge in [-0.15, -0.1) is 0 Å². The first-order valence-electron chi connectivity index (χ1n) is 7.00. The predicted octanol–water partition coefficient (Wildman–Crippen LogP) is 5.52. The Morgan fingerprint density at radius 3 is 2.43 bits per heavy atom. The van der Waals surface area contributed by atoms with Crippen molar-refractivity contribution < 1.29 is 0 Å². The molecule has 98 valence electrons. The first kappa shape index (κ1) is 11.4. The van der Waals surface area contributed by atoms with Crippen LogP contribution in [0.25, 0.3) is 32.9 Å². The second kappa shape index (κ2) is 4.09. The van der Waals surface area contributed by atoms with Crippen LogP contribution < -0.4 is 0 Å². The summed E-state index contributed by atoms with van der Waals surface area (Å²) in [6.45, 7) is 0. The molecule has 0 saturated carbocycles. The summed E-state index contributed by atoms with van der Waals surface area (Å²) < 4.78 is 0. The van der Waals surface area contributed by atoms with Crippen molar-refractivity contribution in [3.8, 4) is 11.3 Å². The minimum atomic E-state index is 1.07. The molecule has 4 aromatic rings. The van der Waals surface area contributed by atoms with E-state index < -0.39 is 0 Å². The number of hydrogen-bond acceptors (Lipinski definition) is 2. The van der Waals surface area contributed by atoms with Crippen molar-refractivity contribution in [2.24, 2.45) is 0 Å². The van der Waals surface area contributed by atoms with Crippen LogP contribution in [0.2, 0.25) is 0 Å². The molecule has 0 atom stereocenters. The molecule has 0 saturated heterocycles. The maximum Gasteiger partial charge on any atom is 0.0810 e. The highest BCUT2D eigenvalue weighted by Crippen LogP contribution is 2.48. The minimum absolute atomic E-state index is 1.07. The lowest BCUT2D eigenvalue weighted by Gasteiger charge is -2.20. The van der Waals surface area contributed by atoms with E-state index in [1.165, 1.54) is 31.5 Å². The molecule has 0 aliphatic carbocycles. The standard InChI is InChI=1S/C19H11NS/c1-3-9-15-12(6-1)13-8-5-11-17-18(13)19(20-15)14-7-2-4-10-16(14)21-17/h1-11H. The average Bonchev–Trinajstić information content (AvgIpc) is 2.55. The quantitative estimate of drug-likeness (QED) is 0.347. The van der Waals surface area contributed by atoms with Crippen molar-refractivity contribution >= 4 is 33.4 Å². The van der Waals surface area contributed by atoms with E-state index >= 15 is 0 Å². The fourth-order valence-electron chi connectivity index (χ4n) is 3.12. The fourth-order valence-corrected chi connectivity index (χ4v) is 4.24. The predicted molar refractivity (Wildman–Crippen MR) is 88.8 cm³/mol. The first-order chi connectivity index (χ1) is 10.4. The molecule has 3 aromatic carbocycles. The number of nitrogens with zero attached hydrogens (tertiary/aromatic N) is 1. The maximum atomic E-state index is 4.96. The Balaban J connectivity index is 2.07. The molecular weight excluding hydrogens is 274 g/mol. The molecule has 1 aliphatic rings. The van der Waals surface area contributed by atoms with Crippen molar-refractivity contribution in [1.82, 2.24) is 4.98 Å². The van der Waals surface area contributed by atoms with Crippen LogP contribution in [0.15, 0.2) is 76.5 Å². The Morgan fingerprint density at radius 1 is 0.667 bits per heavy atom. The van der Waals surface area contributed by atoms with Crippen LogP contribution in [-0.2, 0) is 0 Å². The van der Waals surface area contributed by atoms with Crippen LogP contribution in [0, 0.1) is 0 Å². The van der Waals surface area contributed by atoms with Gasteiger partial charge in [0.05, 0.1) is 11.2 Å². The van der Waals surface area contributed by atoms with Crippen molar-refractivity contribution in [2.75, 3.05) is 0 Å². The summed E-state index contributed by atoms with van der Waals surface area (Å²) in [6, 6.07) is 23.5. The summed E-state index contributed by atoms with van der Waals surface area (Å²) in [5.41, 5.74) is 3.43. The van der Waals surface area contributed by atoms with Crippen molar-refractivity contribution in [3.05, 3.63) is 66.7 Å². The van der Waals surface area contributed by atoms with E-state index in [0.717, 1.165) is 11.2 Å². The van der Waals surface area contributed by atoms with Gasteiger partial charge in [0.25, 0.3) is 0 Å². The molecule has 21 heavy (non-hydrogen) atoms.